The maximum Gasteiger partial charge on any atom is 0.256 e. The molecule has 120 valence electrons. The highest BCUT2D eigenvalue weighted by Gasteiger charge is 2.17. The normalized spacial score (nSPS) is 10.9. The Kier molecular flexibility index (Phi) is 4.58. The zero-order valence-electron chi connectivity index (χ0n) is 12.5. The SMILES string of the molecule is NC(=O)c1c(N=Cc2ccc(Cl)cc2)n[nH]c1Nc1ccccc1. The molecule has 0 atom stereocenters. The van der Waals surface area contributed by atoms with Crippen LogP contribution in [-0.2, 0) is 0 Å². The molecule has 0 aliphatic heterocycles. The molecule has 0 aliphatic rings. The van der Waals surface area contributed by atoms with E-state index in [1.807, 2.05) is 42.5 Å². The molecule has 0 saturated carbocycles. The lowest BCUT2D eigenvalue weighted by molar-refractivity contribution is 0.100. The van der Waals surface area contributed by atoms with Gasteiger partial charge in [0.15, 0.2) is 5.82 Å². The predicted octanol–water partition coefficient (Wildman–Crippen LogP) is 3.66. The van der Waals surface area contributed by atoms with E-state index in [-0.39, 0.29) is 11.4 Å². The predicted molar refractivity (Wildman–Crippen MR) is 95.5 cm³/mol. The van der Waals surface area contributed by atoms with Gasteiger partial charge >= 0.3 is 0 Å². The summed E-state index contributed by atoms with van der Waals surface area (Å²) in [6, 6.07) is 16.5. The Morgan fingerprint density at radius 2 is 1.88 bits per heavy atom. The van der Waals surface area contributed by atoms with Crippen molar-refractivity contribution in [3.05, 3.63) is 70.7 Å². The second-order valence-corrected chi connectivity index (χ2v) is 5.40. The third-order valence-electron chi connectivity index (χ3n) is 3.24. The van der Waals surface area contributed by atoms with Crippen LogP contribution in [0.5, 0.6) is 0 Å². The van der Waals surface area contributed by atoms with Crippen LogP contribution in [0.15, 0.2) is 59.6 Å². The van der Waals surface area contributed by atoms with Crippen molar-refractivity contribution in [1.29, 1.82) is 0 Å². The van der Waals surface area contributed by atoms with Gasteiger partial charge in [-0.05, 0) is 29.8 Å². The number of hydrogen-bond acceptors (Lipinski definition) is 4. The highest BCUT2D eigenvalue weighted by molar-refractivity contribution is 6.30. The standard InChI is InChI=1S/C17H14ClN5O/c18-12-8-6-11(7-9-12)10-20-16-14(15(19)24)17(23-22-16)21-13-4-2-1-3-5-13/h1-10H,(H2,19,24)(H2,21,22,23). The summed E-state index contributed by atoms with van der Waals surface area (Å²) >= 11 is 5.84. The summed E-state index contributed by atoms with van der Waals surface area (Å²) in [6.07, 6.45) is 1.59. The monoisotopic (exact) mass is 339 g/mol. The molecule has 0 fully saturated rings. The van der Waals surface area contributed by atoms with Gasteiger partial charge in [-0.2, -0.15) is 5.10 Å². The summed E-state index contributed by atoms with van der Waals surface area (Å²) in [5.74, 6) is -0.00160. The number of hydrogen-bond donors (Lipinski definition) is 3. The molecule has 6 nitrogen and oxygen atoms in total. The van der Waals surface area contributed by atoms with E-state index in [1.165, 1.54) is 0 Å². The zero-order valence-corrected chi connectivity index (χ0v) is 13.3. The number of primary amides is 1. The number of aliphatic imine (C=N–C) groups is 1. The maximum atomic E-state index is 11.8. The molecule has 1 amide bonds. The van der Waals surface area contributed by atoms with E-state index >= 15 is 0 Å². The van der Waals surface area contributed by atoms with Crippen molar-refractivity contribution in [1.82, 2.24) is 10.2 Å². The Balaban J connectivity index is 1.88. The summed E-state index contributed by atoms with van der Waals surface area (Å²) in [4.78, 5) is 16.0. The lowest BCUT2D eigenvalue weighted by Crippen LogP contribution is -2.12. The minimum Gasteiger partial charge on any atom is -0.365 e. The third kappa shape index (κ3) is 3.61. The van der Waals surface area contributed by atoms with Gasteiger partial charge < -0.3 is 11.1 Å². The molecule has 0 spiro atoms. The van der Waals surface area contributed by atoms with Crippen LogP contribution in [-0.4, -0.2) is 22.3 Å². The third-order valence-corrected chi connectivity index (χ3v) is 3.49. The number of aromatic nitrogens is 2. The van der Waals surface area contributed by atoms with Crippen molar-refractivity contribution in [2.45, 2.75) is 0 Å². The second-order valence-electron chi connectivity index (χ2n) is 4.96. The molecule has 2 aromatic carbocycles. The first kappa shape index (κ1) is 15.8. The van der Waals surface area contributed by atoms with Gasteiger partial charge in [-0.3, -0.25) is 9.89 Å². The van der Waals surface area contributed by atoms with Crippen LogP contribution in [0.1, 0.15) is 15.9 Å². The van der Waals surface area contributed by atoms with Crippen LogP contribution in [0.4, 0.5) is 17.3 Å². The van der Waals surface area contributed by atoms with E-state index in [9.17, 15) is 4.79 Å². The van der Waals surface area contributed by atoms with Gasteiger partial charge in [0.1, 0.15) is 11.4 Å². The molecule has 24 heavy (non-hydrogen) atoms. The first-order chi connectivity index (χ1) is 11.6. The molecule has 1 aromatic heterocycles. The molecule has 0 unspecified atom stereocenters. The van der Waals surface area contributed by atoms with Crippen molar-refractivity contribution < 1.29 is 4.79 Å². The molecule has 0 bridgehead atoms. The van der Waals surface area contributed by atoms with Gasteiger partial charge in [-0.1, -0.05) is 41.9 Å². The van der Waals surface area contributed by atoms with E-state index in [2.05, 4.69) is 20.5 Å². The molecule has 0 radical (unpaired) electrons. The maximum absolute atomic E-state index is 11.8. The number of aromatic amines is 1. The van der Waals surface area contributed by atoms with E-state index in [1.54, 1.807) is 18.3 Å². The number of halogens is 1. The van der Waals surface area contributed by atoms with Crippen molar-refractivity contribution in [3.8, 4) is 0 Å². The molecular weight excluding hydrogens is 326 g/mol. The number of nitrogens with zero attached hydrogens (tertiary/aromatic N) is 2. The summed E-state index contributed by atoms with van der Waals surface area (Å²) < 4.78 is 0. The van der Waals surface area contributed by atoms with Crippen LogP contribution in [0.25, 0.3) is 0 Å². The number of nitrogens with two attached hydrogens (primary N) is 1. The lowest BCUT2D eigenvalue weighted by Gasteiger charge is -2.04. The number of benzene rings is 2. The summed E-state index contributed by atoms with van der Waals surface area (Å²) in [7, 11) is 0. The largest absolute Gasteiger partial charge is 0.365 e. The van der Waals surface area contributed by atoms with Crippen LogP contribution in [0, 0.1) is 0 Å². The van der Waals surface area contributed by atoms with Crippen molar-refractivity contribution >= 4 is 41.0 Å². The van der Waals surface area contributed by atoms with E-state index in [0.29, 0.717) is 10.8 Å². The topological polar surface area (TPSA) is 96.2 Å². The molecular formula is C17H14ClN5O. The number of carbonyl (C=O) groups excluding carboxylic acids is 1. The van der Waals surface area contributed by atoms with Crippen LogP contribution in [0.3, 0.4) is 0 Å². The molecule has 1 heterocycles. The number of anilines is 2. The Hall–Kier alpha value is -3.12. The zero-order chi connectivity index (χ0) is 16.9. The first-order valence-corrected chi connectivity index (χ1v) is 7.51. The minimum absolute atomic E-state index is 0.198. The van der Waals surface area contributed by atoms with E-state index in [0.717, 1.165) is 11.3 Å². The van der Waals surface area contributed by atoms with Crippen LogP contribution < -0.4 is 11.1 Å². The average molecular weight is 340 g/mol. The molecule has 0 saturated heterocycles. The van der Waals surface area contributed by atoms with E-state index < -0.39 is 5.91 Å². The van der Waals surface area contributed by atoms with Gasteiger partial charge in [-0.15, -0.1) is 0 Å². The number of nitrogens with one attached hydrogen (secondary N) is 2. The highest BCUT2D eigenvalue weighted by Crippen LogP contribution is 2.26. The molecule has 3 rings (SSSR count). The number of amides is 1. The fraction of sp³-hybridized carbons (Fsp3) is 0. The molecule has 0 aliphatic carbocycles. The smallest absolute Gasteiger partial charge is 0.256 e. The van der Waals surface area contributed by atoms with Gasteiger partial charge in [0, 0.05) is 16.9 Å². The number of rotatable bonds is 5. The quantitative estimate of drug-likeness (QED) is 0.619. The highest BCUT2D eigenvalue weighted by atomic mass is 35.5. The number of carbonyl (C=O) groups is 1. The van der Waals surface area contributed by atoms with Crippen molar-refractivity contribution in [3.63, 3.8) is 0 Å². The summed E-state index contributed by atoms with van der Waals surface area (Å²) in [5, 5.41) is 10.5. The minimum atomic E-state index is -0.620. The molecule has 7 heteroatoms. The summed E-state index contributed by atoms with van der Waals surface area (Å²) in [6.45, 7) is 0. The van der Waals surface area contributed by atoms with Crippen molar-refractivity contribution in [2.24, 2.45) is 10.7 Å². The van der Waals surface area contributed by atoms with Crippen LogP contribution in [0.2, 0.25) is 5.02 Å². The molecule has 3 aromatic rings. The Labute approximate surface area is 143 Å². The fourth-order valence-electron chi connectivity index (χ4n) is 2.10. The van der Waals surface area contributed by atoms with Gasteiger partial charge in [-0.25, -0.2) is 4.99 Å². The van der Waals surface area contributed by atoms with Gasteiger partial charge in [0.25, 0.3) is 5.91 Å². The van der Waals surface area contributed by atoms with Crippen molar-refractivity contribution in [2.75, 3.05) is 5.32 Å². The molecule has 4 N–H and O–H groups in total. The number of para-hydroxylation sites is 1. The van der Waals surface area contributed by atoms with Gasteiger partial charge in [0.05, 0.1) is 0 Å². The Bertz CT molecular complexity index is 872. The van der Waals surface area contributed by atoms with E-state index in [4.69, 9.17) is 17.3 Å². The van der Waals surface area contributed by atoms with Crippen LogP contribution >= 0.6 is 11.6 Å². The Morgan fingerprint density at radius 1 is 1.17 bits per heavy atom. The first-order valence-electron chi connectivity index (χ1n) is 7.13. The summed E-state index contributed by atoms with van der Waals surface area (Å²) in [5.41, 5.74) is 7.30. The lowest BCUT2D eigenvalue weighted by atomic mass is 10.2. The number of H-pyrrole nitrogens is 1. The second kappa shape index (κ2) is 6.97. The van der Waals surface area contributed by atoms with Gasteiger partial charge in [0.2, 0.25) is 0 Å². The fourth-order valence-corrected chi connectivity index (χ4v) is 2.23. The Morgan fingerprint density at radius 3 is 2.54 bits per heavy atom. The average Bonchev–Trinajstić information content (AvgIpc) is 2.98.